The zero-order valence-electron chi connectivity index (χ0n) is 9.60. The molecule has 3 rings (SSSR count). The fourth-order valence-corrected chi connectivity index (χ4v) is 2.28. The fraction of sp³-hybridized carbons (Fsp3) is 0.273. The van der Waals surface area contributed by atoms with Crippen molar-refractivity contribution >= 4 is 35.4 Å². The van der Waals surface area contributed by atoms with E-state index in [-0.39, 0.29) is 17.1 Å². The molecule has 1 aliphatic carbocycles. The van der Waals surface area contributed by atoms with Gasteiger partial charge in [-0.25, -0.2) is 9.78 Å². The Morgan fingerprint density at radius 2 is 2.42 bits per heavy atom. The Hall–Kier alpha value is -2.15. The van der Waals surface area contributed by atoms with Crippen molar-refractivity contribution < 1.29 is 14.7 Å². The number of nitrogens with zero attached hydrogens (tertiary/aromatic N) is 4. The van der Waals surface area contributed by atoms with Gasteiger partial charge in [-0.2, -0.15) is 9.61 Å². The van der Waals surface area contributed by atoms with Crippen LogP contribution in [0.25, 0.3) is 5.65 Å². The lowest BCUT2D eigenvalue weighted by Crippen LogP contribution is -2.34. The van der Waals surface area contributed by atoms with Crippen LogP contribution in [0.2, 0.25) is 5.15 Å². The van der Waals surface area contributed by atoms with Crippen LogP contribution in [0.1, 0.15) is 6.42 Å². The number of hydrogen-bond donors (Lipinski definition) is 1. The van der Waals surface area contributed by atoms with Crippen molar-refractivity contribution in [1.29, 1.82) is 0 Å². The number of fused-ring (bicyclic) bond motifs is 1. The summed E-state index contributed by atoms with van der Waals surface area (Å²) < 4.78 is 1.39. The molecule has 1 aliphatic rings. The summed E-state index contributed by atoms with van der Waals surface area (Å²) >= 11 is 5.88. The van der Waals surface area contributed by atoms with E-state index in [9.17, 15) is 14.7 Å². The highest BCUT2D eigenvalue weighted by Crippen LogP contribution is 2.37. The van der Waals surface area contributed by atoms with Crippen LogP contribution in [0.5, 0.6) is 0 Å². The van der Waals surface area contributed by atoms with Crippen molar-refractivity contribution in [2.75, 3.05) is 4.90 Å². The molecular formula is C11H9ClN4O3. The van der Waals surface area contributed by atoms with Gasteiger partial charge < -0.3 is 9.90 Å². The Morgan fingerprint density at radius 3 is 3.05 bits per heavy atom. The predicted molar refractivity (Wildman–Crippen MR) is 66.5 cm³/mol. The highest BCUT2D eigenvalue weighted by molar-refractivity contribution is 6.29. The second-order valence-corrected chi connectivity index (χ2v) is 4.68. The van der Waals surface area contributed by atoms with Crippen molar-refractivity contribution in [2.45, 2.75) is 12.5 Å². The van der Waals surface area contributed by atoms with Gasteiger partial charge in [0.25, 0.3) is 0 Å². The number of carbonyl (C=O) groups is 2. The van der Waals surface area contributed by atoms with E-state index < -0.39 is 6.09 Å². The summed E-state index contributed by atoms with van der Waals surface area (Å²) in [6.45, 7) is 0. The molecule has 1 amide bonds. The smallest absolute Gasteiger partial charge is 0.413 e. The number of hydrogen-bond acceptors (Lipinski definition) is 4. The molecule has 0 bridgehead atoms. The van der Waals surface area contributed by atoms with Crippen LogP contribution >= 0.6 is 11.6 Å². The van der Waals surface area contributed by atoms with Gasteiger partial charge in [0.2, 0.25) is 0 Å². The summed E-state index contributed by atoms with van der Waals surface area (Å²) in [4.78, 5) is 27.3. The molecule has 0 spiro atoms. The Balaban J connectivity index is 2.12. The van der Waals surface area contributed by atoms with Gasteiger partial charge >= 0.3 is 6.09 Å². The second-order valence-electron chi connectivity index (χ2n) is 4.29. The van der Waals surface area contributed by atoms with Gasteiger partial charge in [-0.1, -0.05) is 11.6 Å². The lowest BCUT2D eigenvalue weighted by molar-refractivity contribution is -0.108. The van der Waals surface area contributed by atoms with E-state index in [1.807, 2.05) is 0 Å². The van der Waals surface area contributed by atoms with Crippen LogP contribution in [-0.2, 0) is 4.79 Å². The maximum absolute atomic E-state index is 11.4. The highest BCUT2D eigenvalue weighted by atomic mass is 35.5. The van der Waals surface area contributed by atoms with Crippen molar-refractivity contribution in [2.24, 2.45) is 5.92 Å². The number of anilines is 1. The zero-order chi connectivity index (χ0) is 13.6. The molecule has 2 atom stereocenters. The quantitative estimate of drug-likeness (QED) is 0.679. The summed E-state index contributed by atoms with van der Waals surface area (Å²) in [5.74, 6) is 0.0236. The Morgan fingerprint density at radius 1 is 1.63 bits per heavy atom. The first-order valence-corrected chi connectivity index (χ1v) is 5.97. The predicted octanol–water partition coefficient (Wildman–Crippen LogP) is 1.45. The first kappa shape index (κ1) is 11.9. The minimum absolute atomic E-state index is 0.178. The van der Waals surface area contributed by atoms with Gasteiger partial charge in [0.15, 0.2) is 5.65 Å². The number of rotatable bonds is 3. The number of aldehydes is 1. The van der Waals surface area contributed by atoms with Crippen LogP contribution in [0, 0.1) is 5.92 Å². The third-order valence-corrected chi connectivity index (χ3v) is 3.27. The molecule has 98 valence electrons. The number of aromatic nitrogens is 3. The van der Waals surface area contributed by atoms with Crippen LogP contribution in [-0.4, -0.2) is 38.1 Å². The van der Waals surface area contributed by atoms with Crippen molar-refractivity contribution in [3.05, 3.63) is 23.5 Å². The zero-order valence-corrected chi connectivity index (χ0v) is 10.4. The third-order valence-electron chi connectivity index (χ3n) is 3.07. The van der Waals surface area contributed by atoms with E-state index in [1.165, 1.54) is 16.8 Å². The topological polar surface area (TPSA) is 87.8 Å². The number of halogens is 1. The molecule has 2 unspecified atom stereocenters. The molecule has 1 saturated carbocycles. The van der Waals surface area contributed by atoms with Gasteiger partial charge in [-0.15, -0.1) is 0 Å². The van der Waals surface area contributed by atoms with Crippen LogP contribution < -0.4 is 4.90 Å². The summed E-state index contributed by atoms with van der Waals surface area (Å²) in [6.07, 6.45) is 1.64. The fourth-order valence-electron chi connectivity index (χ4n) is 2.09. The molecule has 2 aromatic heterocycles. The molecule has 8 heteroatoms. The molecule has 0 saturated heterocycles. The van der Waals surface area contributed by atoms with Crippen LogP contribution in [0.4, 0.5) is 10.6 Å². The number of carbonyl (C=O) groups excluding carboxylic acids is 1. The summed E-state index contributed by atoms with van der Waals surface area (Å²) in [7, 11) is 0. The molecule has 0 radical (unpaired) electrons. The lowest BCUT2D eigenvalue weighted by atomic mass is 10.4. The average Bonchev–Trinajstić information content (AvgIpc) is 2.96. The van der Waals surface area contributed by atoms with Crippen molar-refractivity contribution in [1.82, 2.24) is 14.6 Å². The standard InChI is InChI=1S/C11H9ClN4O3/c12-8-4-10(16-9(14-8)1-2-13-16)15(11(18)19)7-3-6(7)5-17/h1-2,4-7H,3H2,(H,18,19). The Bertz CT molecular complexity index is 671. The number of carboxylic acid groups (broad SMARTS) is 1. The van der Waals surface area contributed by atoms with E-state index >= 15 is 0 Å². The van der Waals surface area contributed by atoms with E-state index in [4.69, 9.17) is 11.6 Å². The maximum atomic E-state index is 11.4. The minimum Gasteiger partial charge on any atom is -0.465 e. The molecule has 0 aliphatic heterocycles. The van der Waals surface area contributed by atoms with Gasteiger partial charge in [-0.3, -0.25) is 4.90 Å². The van der Waals surface area contributed by atoms with Gasteiger partial charge in [0, 0.05) is 18.1 Å². The first-order chi connectivity index (χ1) is 9.11. The third kappa shape index (κ3) is 1.91. The maximum Gasteiger partial charge on any atom is 0.413 e. The minimum atomic E-state index is -1.14. The molecule has 2 heterocycles. The molecule has 1 N–H and O–H groups in total. The molecular weight excluding hydrogens is 272 g/mol. The summed E-state index contributed by atoms with van der Waals surface area (Å²) in [5.41, 5.74) is 0.456. The van der Waals surface area contributed by atoms with Gasteiger partial charge in [-0.05, 0) is 6.42 Å². The van der Waals surface area contributed by atoms with Crippen LogP contribution in [0.15, 0.2) is 18.3 Å². The van der Waals surface area contributed by atoms with E-state index in [1.54, 1.807) is 6.07 Å². The molecule has 1 fully saturated rings. The SMILES string of the molecule is O=CC1CC1N(C(=O)O)c1cc(Cl)nc2ccnn12. The lowest BCUT2D eigenvalue weighted by Gasteiger charge is -2.19. The van der Waals surface area contributed by atoms with Crippen LogP contribution in [0.3, 0.4) is 0 Å². The van der Waals surface area contributed by atoms with Gasteiger partial charge in [0.05, 0.1) is 12.2 Å². The van der Waals surface area contributed by atoms with E-state index in [0.717, 1.165) is 11.2 Å². The van der Waals surface area contributed by atoms with E-state index in [0.29, 0.717) is 17.9 Å². The van der Waals surface area contributed by atoms with Gasteiger partial charge in [0.1, 0.15) is 17.3 Å². The first-order valence-electron chi connectivity index (χ1n) is 5.59. The largest absolute Gasteiger partial charge is 0.465 e. The monoisotopic (exact) mass is 280 g/mol. The second kappa shape index (κ2) is 4.20. The van der Waals surface area contributed by atoms with Crippen molar-refractivity contribution in [3.8, 4) is 0 Å². The highest BCUT2D eigenvalue weighted by Gasteiger charge is 2.45. The summed E-state index contributed by atoms with van der Waals surface area (Å²) in [6, 6.07) is 2.69. The average molecular weight is 281 g/mol. The summed E-state index contributed by atoms with van der Waals surface area (Å²) in [5, 5.41) is 13.5. The molecule has 7 nitrogen and oxygen atoms in total. The Kier molecular flexibility index (Phi) is 2.63. The normalized spacial score (nSPS) is 21.3. The molecule has 2 aromatic rings. The molecule has 19 heavy (non-hydrogen) atoms. The van der Waals surface area contributed by atoms with E-state index in [2.05, 4.69) is 10.1 Å². The number of amides is 1. The Labute approximate surface area is 112 Å². The molecule has 0 aromatic carbocycles. The van der Waals surface area contributed by atoms with Crippen molar-refractivity contribution in [3.63, 3.8) is 0 Å².